The van der Waals surface area contributed by atoms with Gasteiger partial charge in [0.05, 0.1) is 11.6 Å². The molecule has 1 N–H and O–H groups in total. The van der Waals surface area contributed by atoms with E-state index in [1.807, 2.05) is 25.1 Å². The van der Waals surface area contributed by atoms with Gasteiger partial charge in [-0.2, -0.15) is 5.26 Å². The molecule has 2 rings (SSSR count). The number of hydrogen-bond donors (Lipinski definition) is 1. The molecule has 0 fully saturated rings. The molecule has 0 bridgehead atoms. The minimum Gasteiger partial charge on any atom is -0.381 e. The molecule has 0 aliphatic carbocycles. The van der Waals surface area contributed by atoms with Gasteiger partial charge in [0.2, 0.25) is 0 Å². The summed E-state index contributed by atoms with van der Waals surface area (Å²) in [6.07, 6.45) is 0. The molecule has 3 heteroatoms. The number of nitriles is 1. The van der Waals surface area contributed by atoms with Crippen molar-refractivity contribution in [2.45, 2.75) is 20.4 Å². The maximum absolute atomic E-state index is 8.85. The molecule has 0 radical (unpaired) electrons. The Balaban J connectivity index is 2.10. The second kappa shape index (κ2) is 5.90. The average Bonchev–Trinajstić information content (AvgIpc) is 2.41. The molecule has 2 aromatic rings. The fraction of sp³-hybridized carbons (Fsp3) is 0.188. The average molecular weight is 315 g/mol. The monoisotopic (exact) mass is 314 g/mol. The molecule has 0 atom stereocenters. The Morgan fingerprint density at radius 3 is 2.53 bits per heavy atom. The van der Waals surface area contributed by atoms with Crippen LogP contribution in [0.15, 0.2) is 40.9 Å². The first-order valence-corrected chi connectivity index (χ1v) is 6.89. The van der Waals surface area contributed by atoms with Crippen molar-refractivity contribution in [3.05, 3.63) is 63.1 Å². The number of halogens is 1. The van der Waals surface area contributed by atoms with Crippen molar-refractivity contribution in [1.29, 1.82) is 5.26 Å². The third-order valence-electron chi connectivity index (χ3n) is 3.13. The van der Waals surface area contributed by atoms with E-state index in [0.717, 1.165) is 22.3 Å². The third-order valence-corrected chi connectivity index (χ3v) is 3.98. The highest BCUT2D eigenvalue weighted by atomic mass is 79.9. The maximum Gasteiger partial charge on any atom is 0.0991 e. The van der Waals surface area contributed by atoms with Crippen LogP contribution in [0.25, 0.3) is 0 Å². The molecule has 0 aliphatic heterocycles. The molecule has 0 heterocycles. The first kappa shape index (κ1) is 13.6. The van der Waals surface area contributed by atoms with Crippen molar-refractivity contribution in [2.24, 2.45) is 0 Å². The molecule has 0 saturated heterocycles. The predicted molar refractivity (Wildman–Crippen MR) is 82.1 cm³/mol. The van der Waals surface area contributed by atoms with Crippen LogP contribution in [0, 0.1) is 25.2 Å². The van der Waals surface area contributed by atoms with Crippen molar-refractivity contribution in [2.75, 3.05) is 5.32 Å². The molecule has 96 valence electrons. The SMILES string of the molecule is Cc1ccc(NCc2ccc(C#N)cc2C)cc1Br. The minimum absolute atomic E-state index is 0.708. The van der Waals surface area contributed by atoms with Crippen molar-refractivity contribution >= 4 is 21.6 Å². The van der Waals surface area contributed by atoms with Crippen LogP contribution in [0.5, 0.6) is 0 Å². The smallest absolute Gasteiger partial charge is 0.0991 e. The lowest BCUT2D eigenvalue weighted by molar-refractivity contribution is 1.11. The van der Waals surface area contributed by atoms with Gasteiger partial charge >= 0.3 is 0 Å². The number of nitrogens with zero attached hydrogens (tertiary/aromatic N) is 1. The van der Waals surface area contributed by atoms with E-state index in [-0.39, 0.29) is 0 Å². The molecule has 19 heavy (non-hydrogen) atoms. The quantitative estimate of drug-likeness (QED) is 0.902. The molecule has 0 unspecified atom stereocenters. The second-order valence-corrected chi connectivity index (χ2v) is 5.42. The van der Waals surface area contributed by atoms with Crippen LogP contribution in [0.3, 0.4) is 0 Å². The Hall–Kier alpha value is -1.79. The van der Waals surface area contributed by atoms with Crippen LogP contribution in [0.2, 0.25) is 0 Å². The molecule has 0 aliphatic rings. The Labute approximate surface area is 122 Å². The largest absolute Gasteiger partial charge is 0.381 e. The van der Waals surface area contributed by atoms with E-state index in [9.17, 15) is 0 Å². The van der Waals surface area contributed by atoms with Crippen LogP contribution >= 0.6 is 15.9 Å². The highest BCUT2D eigenvalue weighted by Crippen LogP contribution is 2.21. The van der Waals surface area contributed by atoms with E-state index in [1.165, 1.54) is 11.1 Å². The highest BCUT2D eigenvalue weighted by molar-refractivity contribution is 9.10. The zero-order valence-electron chi connectivity index (χ0n) is 11.0. The van der Waals surface area contributed by atoms with Crippen molar-refractivity contribution in [3.63, 3.8) is 0 Å². The number of benzene rings is 2. The molecule has 0 saturated carbocycles. The Morgan fingerprint density at radius 2 is 1.89 bits per heavy atom. The van der Waals surface area contributed by atoms with E-state index in [1.54, 1.807) is 0 Å². The van der Waals surface area contributed by atoms with Gasteiger partial charge in [0.15, 0.2) is 0 Å². The standard InChI is InChI=1S/C16H15BrN2/c1-11-3-6-15(8-16(11)17)19-10-14-5-4-13(9-18)7-12(14)2/h3-8,19H,10H2,1-2H3. The predicted octanol–water partition coefficient (Wildman–Crippen LogP) is 4.55. The van der Waals surface area contributed by atoms with Crippen LogP contribution in [-0.2, 0) is 6.54 Å². The summed E-state index contributed by atoms with van der Waals surface area (Å²) in [7, 11) is 0. The fourth-order valence-electron chi connectivity index (χ4n) is 1.86. The summed E-state index contributed by atoms with van der Waals surface area (Å²) in [6.45, 7) is 4.86. The zero-order chi connectivity index (χ0) is 13.8. The Bertz CT molecular complexity index is 642. The van der Waals surface area contributed by atoms with Gasteiger partial charge in [-0.3, -0.25) is 0 Å². The minimum atomic E-state index is 0.708. The van der Waals surface area contributed by atoms with Gasteiger partial charge in [-0.15, -0.1) is 0 Å². The number of hydrogen-bond acceptors (Lipinski definition) is 2. The number of anilines is 1. The first-order valence-electron chi connectivity index (χ1n) is 6.10. The topological polar surface area (TPSA) is 35.8 Å². The van der Waals surface area contributed by atoms with Gasteiger partial charge in [0.1, 0.15) is 0 Å². The van der Waals surface area contributed by atoms with E-state index < -0.39 is 0 Å². The number of nitrogens with one attached hydrogen (secondary N) is 1. The van der Waals surface area contributed by atoms with E-state index >= 15 is 0 Å². The normalized spacial score (nSPS) is 10.0. The second-order valence-electron chi connectivity index (χ2n) is 4.57. The number of rotatable bonds is 3. The highest BCUT2D eigenvalue weighted by Gasteiger charge is 2.01. The lowest BCUT2D eigenvalue weighted by atomic mass is 10.1. The lowest BCUT2D eigenvalue weighted by Crippen LogP contribution is -2.01. The van der Waals surface area contributed by atoms with Crippen molar-refractivity contribution in [3.8, 4) is 6.07 Å². The molecule has 2 nitrogen and oxygen atoms in total. The first-order chi connectivity index (χ1) is 9.10. The Morgan fingerprint density at radius 1 is 1.11 bits per heavy atom. The van der Waals surface area contributed by atoms with Crippen LogP contribution in [0.1, 0.15) is 22.3 Å². The molecule has 0 amide bonds. The summed E-state index contributed by atoms with van der Waals surface area (Å²) in [5, 5.41) is 12.2. The van der Waals surface area contributed by atoms with Gasteiger partial charge in [0, 0.05) is 16.7 Å². The fourth-order valence-corrected chi connectivity index (χ4v) is 2.24. The van der Waals surface area contributed by atoms with Crippen LogP contribution in [0.4, 0.5) is 5.69 Å². The third kappa shape index (κ3) is 3.36. The molecular weight excluding hydrogens is 300 g/mol. The van der Waals surface area contributed by atoms with Gasteiger partial charge < -0.3 is 5.32 Å². The summed E-state index contributed by atoms with van der Waals surface area (Å²) < 4.78 is 1.11. The van der Waals surface area contributed by atoms with Crippen molar-refractivity contribution in [1.82, 2.24) is 0 Å². The summed E-state index contributed by atoms with van der Waals surface area (Å²) in [6, 6.07) is 14.2. The van der Waals surface area contributed by atoms with Gasteiger partial charge in [0.25, 0.3) is 0 Å². The molecule has 0 aromatic heterocycles. The van der Waals surface area contributed by atoms with Gasteiger partial charge in [-0.25, -0.2) is 0 Å². The maximum atomic E-state index is 8.85. The summed E-state index contributed by atoms with van der Waals surface area (Å²) in [5.41, 5.74) is 5.36. The van der Waals surface area contributed by atoms with Crippen LogP contribution < -0.4 is 5.32 Å². The lowest BCUT2D eigenvalue weighted by Gasteiger charge is -2.10. The number of aryl methyl sites for hydroxylation is 2. The summed E-state index contributed by atoms with van der Waals surface area (Å²) in [5.74, 6) is 0. The van der Waals surface area contributed by atoms with Crippen LogP contribution in [-0.4, -0.2) is 0 Å². The zero-order valence-corrected chi connectivity index (χ0v) is 12.6. The van der Waals surface area contributed by atoms with E-state index in [2.05, 4.69) is 52.4 Å². The van der Waals surface area contributed by atoms with Gasteiger partial charge in [-0.1, -0.05) is 28.1 Å². The van der Waals surface area contributed by atoms with E-state index in [4.69, 9.17) is 5.26 Å². The summed E-state index contributed by atoms with van der Waals surface area (Å²) in [4.78, 5) is 0. The Kier molecular flexibility index (Phi) is 4.24. The molecule has 0 spiro atoms. The summed E-state index contributed by atoms with van der Waals surface area (Å²) >= 11 is 3.53. The molecule has 2 aromatic carbocycles. The van der Waals surface area contributed by atoms with Crippen molar-refractivity contribution < 1.29 is 0 Å². The van der Waals surface area contributed by atoms with Gasteiger partial charge in [-0.05, 0) is 54.8 Å². The van der Waals surface area contributed by atoms with E-state index in [0.29, 0.717) is 5.56 Å². The molecular formula is C16H15BrN2.